The lowest BCUT2D eigenvalue weighted by Crippen LogP contribution is -2.44. The van der Waals surface area contributed by atoms with E-state index in [4.69, 9.17) is 11.6 Å². The molecule has 1 saturated heterocycles. The number of hydrogen-bond acceptors (Lipinski definition) is 5. The van der Waals surface area contributed by atoms with E-state index in [-0.39, 0.29) is 23.8 Å². The van der Waals surface area contributed by atoms with Crippen molar-refractivity contribution in [3.8, 4) is 0 Å². The van der Waals surface area contributed by atoms with Gasteiger partial charge in [-0.2, -0.15) is 4.68 Å². The van der Waals surface area contributed by atoms with Crippen molar-refractivity contribution < 1.29 is 4.39 Å². The summed E-state index contributed by atoms with van der Waals surface area (Å²) in [5.41, 5.74) is 6.22. The third-order valence-corrected chi connectivity index (χ3v) is 5.86. The molecule has 2 fully saturated rings. The van der Waals surface area contributed by atoms with Crippen LogP contribution in [0, 0.1) is 24.6 Å². The molecule has 2 heterocycles. The first-order valence-electron chi connectivity index (χ1n) is 9.05. The Labute approximate surface area is 162 Å². The van der Waals surface area contributed by atoms with E-state index >= 15 is 4.39 Å². The predicted octanol–water partition coefficient (Wildman–Crippen LogP) is 1.11. The number of halogens is 2. The number of hydrogen-bond donors (Lipinski definition) is 2. The molecule has 0 amide bonds. The van der Waals surface area contributed by atoms with Crippen molar-refractivity contribution in [2.75, 3.05) is 30.4 Å². The van der Waals surface area contributed by atoms with Gasteiger partial charge in [-0.25, -0.2) is 9.18 Å². The molecular formula is C18H25ClFN5O2. The molecule has 0 spiro atoms. The van der Waals surface area contributed by atoms with E-state index in [1.807, 2.05) is 4.90 Å². The number of nitrogens with two attached hydrogens (primary N) is 2. The standard InChI is InChI=1S/C18H24FN5O2.ClH/c1-9-7-22(8-11(9)6-20)16-10(2)15-13(5-14(16)19)17(25)24(21)18(26)23(15)12-3-4-12;/h5,9,11-12H,3-4,6-8,20-21H2,1-2H3;1H/t9-,11-;/m0./s1. The molecule has 2 atom stereocenters. The molecule has 2 aromatic rings. The van der Waals surface area contributed by atoms with Gasteiger partial charge in [-0.3, -0.25) is 9.36 Å². The zero-order chi connectivity index (χ0) is 18.7. The van der Waals surface area contributed by atoms with Crippen LogP contribution >= 0.6 is 12.4 Å². The molecular weight excluding hydrogens is 373 g/mol. The van der Waals surface area contributed by atoms with Gasteiger partial charge in [0.1, 0.15) is 5.82 Å². The van der Waals surface area contributed by atoms with E-state index in [9.17, 15) is 9.59 Å². The minimum absolute atomic E-state index is 0. The lowest BCUT2D eigenvalue weighted by Gasteiger charge is -2.24. The maximum atomic E-state index is 15.0. The number of nitrogen functional groups attached to an aromatic ring is 1. The van der Waals surface area contributed by atoms with Crippen molar-refractivity contribution in [2.45, 2.75) is 32.7 Å². The summed E-state index contributed by atoms with van der Waals surface area (Å²) in [5.74, 6) is 5.85. The molecule has 0 unspecified atom stereocenters. The summed E-state index contributed by atoms with van der Waals surface area (Å²) in [6.07, 6.45) is 1.71. The van der Waals surface area contributed by atoms with Gasteiger partial charge in [0.15, 0.2) is 0 Å². The lowest BCUT2D eigenvalue weighted by molar-refractivity contribution is 0.463. The van der Waals surface area contributed by atoms with Gasteiger partial charge in [0.05, 0.1) is 16.6 Å². The summed E-state index contributed by atoms with van der Waals surface area (Å²) in [5, 5.41) is 0.153. The van der Waals surface area contributed by atoms with Crippen LogP contribution in [0.3, 0.4) is 0 Å². The van der Waals surface area contributed by atoms with Crippen LogP contribution in [0.5, 0.6) is 0 Å². The van der Waals surface area contributed by atoms with Gasteiger partial charge in [-0.1, -0.05) is 6.92 Å². The first-order valence-corrected chi connectivity index (χ1v) is 9.05. The number of benzene rings is 1. The van der Waals surface area contributed by atoms with Gasteiger partial charge in [-0.15, -0.1) is 12.4 Å². The van der Waals surface area contributed by atoms with Crippen molar-refractivity contribution in [3.05, 3.63) is 38.3 Å². The Kier molecular flexibility index (Phi) is 4.98. The second-order valence-electron chi connectivity index (χ2n) is 7.67. The molecule has 1 saturated carbocycles. The van der Waals surface area contributed by atoms with Crippen molar-refractivity contribution in [3.63, 3.8) is 0 Å². The summed E-state index contributed by atoms with van der Waals surface area (Å²) in [6.45, 7) is 5.81. The molecule has 4 N–H and O–H groups in total. The Bertz CT molecular complexity index is 1010. The smallest absolute Gasteiger partial charge is 0.350 e. The Balaban J connectivity index is 0.00000210. The van der Waals surface area contributed by atoms with Crippen LogP contribution in [0.1, 0.15) is 31.4 Å². The number of rotatable bonds is 3. The molecule has 27 heavy (non-hydrogen) atoms. The fourth-order valence-corrected chi connectivity index (χ4v) is 4.24. The quantitative estimate of drug-likeness (QED) is 0.756. The monoisotopic (exact) mass is 397 g/mol. The average molecular weight is 398 g/mol. The molecule has 0 radical (unpaired) electrons. The number of anilines is 1. The molecule has 0 bridgehead atoms. The van der Waals surface area contributed by atoms with E-state index in [1.54, 1.807) is 11.5 Å². The van der Waals surface area contributed by atoms with Gasteiger partial charge in [0.2, 0.25) is 0 Å². The molecule has 9 heteroatoms. The van der Waals surface area contributed by atoms with Gasteiger partial charge >= 0.3 is 5.69 Å². The minimum Gasteiger partial charge on any atom is -0.368 e. The van der Waals surface area contributed by atoms with Crippen molar-refractivity contribution in [2.24, 2.45) is 17.6 Å². The molecule has 148 valence electrons. The first kappa shape index (κ1) is 19.7. The third kappa shape index (κ3) is 2.91. The summed E-state index contributed by atoms with van der Waals surface area (Å²) < 4.78 is 17.2. The Hall–Kier alpha value is -2.06. The van der Waals surface area contributed by atoms with E-state index < -0.39 is 17.1 Å². The van der Waals surface area contributed by atoms with E-state index in [0.29, 0.717) is 52.9 Å². The Morgan fingerprint density at radius 1 is 1.26 bits per heavy atom. The molecule has 1 aliphatic carbocycles. The topological polar surface area (TPSA) is 99.3 Å². The SMILES string of the molecule is Cc1c(N2C[C@H](CN)[C@@H](C)C2)c(F)cc2c(=O)n(N)c(=O)n(C3CC3)c12.Cl. The maximum Gasteiger partial charge on any atom is 0.350 e. The molecule has 1 aromatic carbocycles. The minimum atomic E-state index is -0.662. The molecule has 2 aliphatic rings. The third-order valence-electron chi connectivity index (χ3n) is 5.86. The Morgan fingerprint density at radius 3 is 2.48 bits per heavy atom. The van der Waals surface area contributed by atoms with Crippen molar-refractivity contribution in [1.29, 1.82) is 0 Å². The first-order chi connectivity index (χ1) is 12.3. The highest BCUT2D eigenvalue weighted by Crippen LogP contribution is 2.39. The van der Waals surface area contributed by atoms with Crippen molar-refractivity contribution in [1.82, 2.24) is 9.24 Å². The number of fused-ring (bicyclic) bond motifs is 1. The second-order valence-corrected chi connectivity index (χ2v) is 7.67. The zero-order valence-electron chi connectivity index (χ0n) is 15.4. The Morgan fingerprint density at radius 2 is 1.93 bits per heavy atom. The normalized spacial score (nSPS) is 22.3. The van der Waals surface area contributed by atoms with Crippen LogP contribution in [0.15, 0.2) is 15.7 Å². The van der Waals surface area contributed by atoms with Crippen LogP contribution in [0.2, 0.25) is 0 Å². The molecule has 1 aromatic heterocycles. The summed E-state index contributed by atoms with van der Waals surface area (Å²) in [7, 11) is 0. The van der Waals surface area contributed by atoms with E-state index in [0.717, 1.165) is 12.8 Å². The maximum absolute atomic E-state index is 15.0. The largest absolute Gasteiger partial charge is 0.368 e. The fourth-order valence-electron chi connectivity index (χ4n) is 4.24. The highest BCUT2D eigenvalue weighted by atomic mass is 35.5. The number of aryl methyl sites for hydroxylation is 1. The molecule has 4 rings (SSSR count). The van der Waals surface area contributed by atoms with Gasteiger partial charge in [0.25, 0.3) is 5.56 Å². The van der Waals surface area contributed by atoms with E-state index in [2.05, 4.69) is 6.92 Å². The highest BCUT2D eigenvalue weighted by molar-refractivity contribution is 5.87. The van der Waals surface area contributed by atoms with Crippen LogP contribution < -0.4 is 27.7 Å². The van der Waals surface area contributed by atoms with Crippen LogP contribution in [-0.4, -0.2) is 28.9 Å². The van der Waals surface area contributed by atoms with Gasteiger partial charge in [0, 0.05) is 24.7 Å². The van der Waals surface area contributed by atoms with Gasteiger partial charge < -0.3 is 16.5 Å². The van der Waals surface area contributed by atoms with E-state index in [1.165, 1.54) is 6.07 Å². The lowest BCUT2D eigenvalue weighted by atomic mass is 9.99. The van der Waals surface area contributed by atoms with Crippen LogP contribution in [-0.2, 0) is 0 Å². The van der Waals surface area contributed by atoms with Crippen LogP contribution in [0.25, 0.3) is 10.9 Å². The van der Waals surface area contributed by atoms with Gasteiger partial charge in [-0.05, 0) is 44.2 Å². The van der Waals surface area contributed by atoms with Crippen molar-refractivity contribution >= 4 is 29.0 Å². The summed E-state index contributed by atoms with van der Waals surface area (Å²) in [6, 6.07) is 1.24. The summed E-state index contributed by atoms with van der Waals surface area (Å²) >= 11 is 0. The molecule has 7 nitrogen and oxygen atoms in total. The van der Waals surface area contributed by atoms with Crippen LogP contribution in [0.4, 0.5) is 10.1 Å². The zero-order valence-corrected chi connectivity index (χ0v) is 16.3. The predicted molar refractivity (Wildman–Crippen MR) is 107 cm³/mol. The average Bonchev–Trinajstić information content (AvgIpc) is 3.37. The number of nitrogens with zero attached hydrogens (tertiary/aromatic N) is 3. The highest BCUT2D eigenvalue weighted by Gasteiger charge is 2.34. The second kappa shape index (κ2) is 6.83. The fraction of sp³-hybridized carbons (Fsp3) is 0.556. The summed E-state index contributed by atoms with van der Waals surface area (Å²) in [4.78, 5) is 27.0. The number of aromatic nitrogens is 2. The molecule has 1 aliphatic heterocycles.